The number of nitrogens with one attached hydrogen (secondary N) is 8. The van der Waals surface area contributed by atoms with Crippen molar-refractivity contribution in [1.82, 2.24) is 42.2 Å². The Morgan fingerprint density at radius 1 is 0.716 bits per heavy atom. The summed E-state index contributed by atoms with van der Waals surface area (Å²) < 4.78 is 0. The van der Waals surface area contributed by atoms with Crippen LogP contribution in [0.3, 0.4) is 0 Å². The van der Waals surface area contributed by atoms with Gasteiger partial charge in [-0.25, -0.2) is 0 Å². The van der Waals surface area contributed by atoms with Gasteiger partial charge in [-0.1, -0.05) is 54.6 Å². The Morgan fingerprint density at radius 2 is 1.28 bits per heavy atom. The molecule has 0 aliphatic carbocycles. The van der Waals surface area contributed by atoms with Crippen molar-refractivity contribution < 1.29 is 43.8 Å². The number of phenols is 1. The van der Waals surface area contributed by atoms with Crippen LogP contribution in [0.25, 0.3) is 10.9 Å². The highest BCUT2D eigenvalue weighted by atomic mass is 32.1. The van der Waals surface area contributed by atoms with E-state index >= 15 is 0 Å². The van der Waals surface area contributed by atoms with E-state index in [1.54, 1.807) is 18.3 Å². The normalized spacial score (nSPS) is 16.4. The van der Waals surface area contributed by atoms with Gasteiger partial charge in [0.05, 0.1) is 6.10 Å². The van der Waals surface area contributed by atoms with Gasteiger partial charge in [-0.15, -0.1) is 0 Å². The number of aliphatic hydroxyl groups is 1. The summed E-state index contributed by atoms with van der Waals surface area (Å²) in [5, 5.41) is 39.9. The molecule has 2 heterocycles. The second kappa shape index (κ2) is 25.1. The first-order chi connectivity index (χ1) is 32.1. The number of para-hydroxylation sites is 1. The van der Waals surface area contributed by atoms with Gasteiger partial charge in [-0.3, -0.25) is 33.6 Å². The number of rotatable bonds is 24. The molecule has 0 spiro atoms. The van der Waals surface area contributed by atoms with Crippen LogP contribution in [0, 0.1) is 0 Å². The van der Waals surface area contributed by atoms with Crippen molar-refractivity contribution in [2.24, 2.45) is 11.5 Å². The number of unbranched alkanes of at least 4 members (excludes halogenated alkanes) is 1. The van der Waals surface area contributed by atoms with E-state index in [1.165, 1.54) is 19.1 Å². The number of aromatic amines is 1. The van der Waals surface area contributed by atoms with Gasteiger partial charge in [0.1, 0.15) is 48.0 Å². The Bertz CT molecular complexity index is 2370. The number of aliphatic hydroxyl groups excluding tert-OH is 1. The first-order valence-electron chi connectivity index (χ1n) is 22.0. The van der Waals surface area contributed by atoms with E-state index in [1.807, 2.05) is 48.5 Å². The monoisotopic (exact) mass is 960 g/mol. The maximum absolute atomic E-state index is 14.6. The second-order valence-corrected chi connectivity index (χ2v) is 17.1. The summed E-state index contributed by atoms with van der Waals surface area (Å²) in [5.74, 6) is -5.78. The van der Waals surface area contributed by atoms with Crippen LogP contribution in [0.15, 0.2) is 79.0 Å². The van der Waals surface area contributed by atoms with Crippen LogP contribution in [0.4, 0.5) is 0 Å². The predicted molar refractivity (Wildman–Crippen MR) is 258 cm³/mol. The third kappa shape index (κ3) is 14.4. The third-order valence-corrected chi connectivity index (χ3v) is 12.1. The Labute approximate surface area is 398 Å². The van der Waals surface area contributed by atoms with Crippen molar-refractivity contribution in [3.8, 4) is 5.75 Å². The van der Waals surface area contributed by atoms with E-state index in [2.05, 4.69) is 67.5 Å². The molecule has 19 nitrogen and oxygen atoms in total. The van der Waals surface area contributed by atoms with Gasteiger partial charge in [0.15, 0.2) is 0 Å². The standard InChI is InChI=1S/C46H60N10O9S2/c1-25(57)38(40(48)59)56-45(64)37(24-67)54-41(60)33(12-6-7-18-47)51-43(62)35(21-28-22-50-32-11-5-4-9-30(28)32)53-42(61)34(20-26-13-15-29(58)16-14-26)52-44(63)36(23-66)55-46(65)39-31-10-3-2-8-27(31)17-19-49-39/h2-5,8-11,13-16,22,25,33-39,49-50,57-58,66-67H,6-7,12,17-21,23-24,47H2,1H3,(H2,48,59)(H,51,62)(H,52,63)(H,53,61)(H,54,60)(H,55,65)(H,56,64)/t25-,33+,34+,35-,36+,37+,38+,39?/m1/s1. The molecule has 0 fully saturated rings. The van der Waals surface area contributed by atoms with Gasteiger partial charge < -0.3 is 63.9 Å². The number of nitrogens with two attached hydrogens (primary N) is 2. The third-order valence-electron chi connectivity index (χ3n) is 11.4. The molecule has 0 saturated carbocycles. The SMILES string of the molecule is C[C@@H](O)[C@H](NC(=O)[C@H](CS)NC(=O)[C@H](CCCCN)NC(=O)[C@@H](Cc1c[nH]c2ccccc12)NC(=O)[C@H](Cc1ccc(O)cc1)NC(=O)[C@H](CS)NC(=O)C1NCCc2ccccc21)C(N)=O. The number of hydrogen-bond donors (Lipinski definition) is 14. The average molecular weight is 961 g/mol. The lowest BCUT2D eigenvalue weighted by atomic mass is 9.94. The van der Waals surface area contributed by atoms with Gasteiger partial charge in [0.2, 0.25) is 41.4 Å². The maximum Gasteiger partial charge on any atom is 0.244 e. The molecule has 21 heteroatoms. The fourth-order valence-electron chi connectivity index (χ4n) is 7.72. The van der Waals surface area contributed by atoms with Crippen LogP contribution in [-0.4, -0.2) is 123 Å². The highest BCUT2D eigenvalue weighted by Gasteiger charge is 2.35. The van der Waals surface area contributed by atoms with Gasteiger partial charge >= 0.3 is 0 Å². The number of fused-ring (bicyclic) bond motifs is 2. The smallest absolute Gasteiger partial charge is 0.244 e. The number of carbonyl (C=O) groups is 7. The second-order valence-electron chi connectivity index (χ2n) is 16.4. The van der Waals surface area contributed by atoms with E-state index in [0.717, 1.165) is 28.5 Å². The van der Waals surface area contributed by atoms with E-state index < -0.39 is 89.7 Å². The number of benzene rings is 3. The van der Waals surface area contributed by atoms with E-state index in [-0.39, 0.29) is 43.1 Å². The van der Waals surface area contributed by atoms with Gasteiger partial charge in [-0.05, 0) is 79.6 Å². The van der Waals surface area contributed by atoms with E-state index in [4.69, 9.17) is 11.5 Å². The quantitative estimate of drug-likeness (QED) is 0.0308. The molecule has 0 saturated heterocycles. The Kier molecular flexibility index (Phi) is 19.4. The Balaban J connectivity index is 1.41. The molecule has 1 aromatic heterocycles. The first kappa shape index (κ1) is 51.8. The van der Waals surface area contributed by atoms with Crippen molar-refractivity contribution in [2.45, 2.75) is 93.8 Å². The topological polar surface area (TPSA) is 312 Å². The summed E-state index contributed by atoms with van der Waals surface area (Å²) in [4.78, 5) is 98.9. The van der Waals surface area contributed by atoms with Crippen molar-refractivity contribution in [1.29, 1.82) is 0 Å². The lowest BCUT2D eigenvalue weighted by Crippen LogP contribution is -2.61. The summed E-state index contributed by atoms with van der Waals surface area (Å²) in [6, 6.07) is 12.2. The fraction of sp³-hybridized carbons (Fsp3) is 0.413. The number of phenolic OH excluding ortho intramolecular Hbond substituents is 1. The molecule has 8 atom stereocenters. The van der Waals surface area contributed by atoms with Crippen molar-refractivity contribution in [3.63, 3.8) is 0 Å². The summed E-state index contributed by atoms with van der Waals surface area (Å²) in [6.07, 6.45) is 1.83. The molecule has 14 N–H and O–H groups in total. The number of primary amides is 1. The molecule has 1 aliphatic heterocycles. The molecular weight excluding hydrogens is 901 g/mol. The minimum Gasteiger partial charge on any atom is -0.508 e. The largest absolute Gasteiger partial charge is 0.508 e. The molecule has 7 amide bonds. The summed E-state index contributed by atoms with van der Waals surface area (Å²) in [7, 11) is 0. The van der Waals surface area contributed by atoms with Crippen LogP contribution in [0.1, 0.15) is 54.5 Å². The van der Waals surface area contributed by atoms with Crippen LogP contribution in [0.5, 0.6) is 5.75 Å². The lowest BCUT2D eigenvalue weighted by Gasteiger charge is -2.29. The molecule has 360 valence electrons. The molecule has 0 bridgehead atoms. The molecule has 3 aromatic carbocycles. The molecule has 1 aliphatic rings. The van der Waals surface area contributed by atoms with Crippen LogP contribution in [0.2, 0.25) is 0 Å². The van der Waals surface area contributed by atoms with Crippen molar-refractivity contribution >= 4 is 77.5 Å². The first-order valence-corrected chi connectivity index (χ1v) is 23.3. The Morgan fingerprint density at radius 3 is 1.94 bits per heavy atom. The molecule has 0 radical (unpaired) electrons. The van der Waals surface area contributed by atoms with Gasteiger partial charge in [0, 0.05) is 48.0 Å². The summed E-state index contributed by atoms with van der Waals surface area (Å²) in [6.45, 7) is 2.09. The molecule has 4 aromatic rings. The lowest BCUT2D eigenvalue weighted by molar-refractivity contribution is -0.135. The van der Waals surface area contributed by atoms with E-state index in [0.29, 0.717) is 30.5 Å². The minimum absolute atomic E-state index is 0.0269. The van der Waals surface area contributed by atoms with E-state index in [9.17, 15) is 43.8 Å². The predicted octanol–water partition coefficient (Wildman–Crippen LogP) is -0.691. The number of H-pyrrole nitrogens is 1. The summed E-state index contributed by atoms with van der Waals surface area (Å²) in [5.41, 5.74) is 14.8. The summed E-state index contributed by atoms with van der Waals surface area (Å²) >= 11 is 8.57. The zero-order chi connectivity index (χ0) is 48.6. The number of aromatic hydroxyl groups is 1. The molecule has 67 heavy (non-hydrogen) atoms. The number of amides is 7. The number of carbonyl (C=O) groups excluding carboxylic acids is 7. The fourth-order valence-corrected chi connectivity index (χ4v) is 8.24. The number of aromatic nitrogens is 1. The molecule has 1 unspecified atom stereocenters. The average Bonchev–Trinajstić information content (AvgIpc) is 3.73. The maximum atomic E-state index is 14.6. The van der Waals surface area contributed by atoms with Crippen LogP contribution in [-0.2, 0) is 52.8 Å². The zero-order valence-electron chi connectivity index (χ0n) is 37.0. The molecular formula is C46H60N10O9S2. The number of hydrogen-bond acceptors (Lipinski definition) is 13. The highest BCUT2D eigenvalue weighted by Crippen LogP contribution is 2.23. The van der Waals surface area contributed by atoms with Crippen molar-refractivity contribution in [2.75, 3.05) is 24.6 Å². The van der Waals surface area contributed by atoms with Crippen LogP contribution >= 0.6 is 25.3 Å². The molecule has 5 rings (SSSR count). The number of thiol groups is 2. The minimum atomic E-state index is -1.46. The zero-order valence-corrected chi connectivity index (χ0v) is 38.8. The highest BCUT2D eigenvalue weighted by molar-refractivity contribution is 7.80. The van der Waals surface area contributed by atoms with Gasteiger partial charge in [-0.2, -0.15) is 25.3 Å². The Hall–Kier alpha value is -6.13. The van der Waals surface area contributed by atoms with Gasteiger partial charge in [0.25, 0.3) is 0 Å². The van der Waals surface area contributed by atoms with Crippen molar-refractivity contribution in [3.05, 3.63) is 101 Å². The van der Waals surface area contributed by atoms with Crippen LogP contribution < -0.4 is 48.7 Å².